The zero-order chi connectivity index (χ0) is 19.1. The molecule has 1 aromatic heterocycles. The first-order valence-electron chi connectivity index (χ1n) is 8.58. The van der Waals surface area contributed by atoms with Gasteiger partial charge in [-0.3, -0.25) is 10.2 Å². The van der Waals surface area contributed by atoms with E-state index in [4.69, 9.17) is 21.7 Å². The number of piperidine rings is 1. The first-order chi connectivity index (χ1) is 12.2. The summed E-state index contributed by atoms with van der Waals surface area (Å²) in [6.45, 7) is 6.03. The molecule has 1 amide bonds. The minimum absolute atomic E-state index is 0.00549. The molecular weight excluding hydrogens is 368 g/mol. The van der Waals surface area contributed by atoms with E-state index in [0.29, 0.717) is 23.7 Å². The summed E-state index contributed by atoms with van der Waals surface area (Å²) < 4.78 is 5.78. The largest absolute Gasteiger partial charge is 0.491 e. The molecule has 0 saturated carbocycles. The Bertz CT molecular complexity index is 841. The lowest BCUT2D eigenvalue weighted by Gasteiger charge is -2.36. The molecule has 138 valence electrons. The van der Waals surface area contributed by atoms with Crippen LogP contribution < -0.4 is 4.74 Å². The molecule has 3 rings (SSSR count). The number of amides is 1. The van der Waals surface area contributed by atoms with Crippen molar-refractivity contribution in [2.75, 3.05) is 7.05 Å². The number of amidine groups is 1. The molecule has 1 aliphatic heterocycles. The molecule has 0 unspecified atom stereocenters. The third kappa shape index (κ3) is 3.79. The lowest BCUT2D eigenvalue weighted by Crippen LogP contribution is -2.46. The van der Waals surface area contributed by atoms with Gasteiger partial charge >= 0.3 is 0 Å². The van der Waals surface area contributed by atoms with Crippen LogP contribution in [-0.4, -0.2) is 29.8 Å². The topological polar surface area (TPSA) is 53.4 Å². The Labute approximate surface area is 163 Å². The number of carbonyl (C=O) groups is 1. The Morgan fingerprint density at radius 1 is 1.23 bits per heavy atom. The minimum Gasteiger partial charge on any atom is -0.491 e. The fourth-order valence-corrected chi connectivity index (χ4v) is 4.51. The molecule has 1 saturated heterocycles. The number of rotatable bonds is 4. The number of benzene rings is 1. The van der Waals surface area contributed by atoms with Crippen molar-refractivity contribution in [3.8, 4) is 16.9 Å². The number of hydrogen-bond acceptors (Lipinski definition) is 4. The van der Waals surface area contributed by atoms with Crippen molar-refractivity contribution in [2.45, 2.75) is 45.1 Å². The highest BCUT2D eigenvalue weighted by Crippen LogP contribution is 2.42. The number of hydrogen-bond donors (Lipinski definition) is 1. The predicted molar refractivity (Wildman–Crippen MR) is 108 cm³/mol. The third-order valence-electron chi connectivity index (χ3n) is 4.65. The van der Waals surface area contributed by atoms with E-state index in [9.17, 15) is 4.79 Å². The summed E-state index contributed by atoms with van der Waals surface area (Å²) in [6.07, 6.45) is 1.06. The number of ether oxygens (including phenoxy) is 1. The fraction of sp³-hybridized carbons (Fsp3) is 0.400. The van der Waals surface area contributed by atoms with E-state index in [-0.39, 0.29) is 17.4 Å². The highest BCUT2D eigenvalue weighted by atomic mass is 35.5. The van der Waals surface area contributed by atoms with Gasteiger partial charge in [-0.25, -0.2) is 0 Å². The van der Waals surface area contributed by atoms with Crippen molar-refractivity contribution in [1.29, 1.82) is 5.41 Å². The SMILES string of the molecule is CC(C)Oc1cc(Cl)cc(-c2csc([C@@]3(C)CC(=N)N(C)C(=O)C3)c2)c1. The summed E-state index contributed by atoms with van der Waals surface area (Å²) in [7, 11) is 1.67. The highest BCUT2D eigenvalue weighted by Gasteiger charge is 2.39. The maximum Gasteiger partial charge on any atom is 0.228 e. The van der Waals surface area contributed by atoms with Gasteiger partial charge in [0.2, 0.25) is 5.91 Å². The summed E-state index contributed by atoms with van der Waals surface area (Å²) in [5.74, 6) is 1.11. The fourth-order valence-electron chi connectivity index (χ4n) is 3.20. The average Bonchev–Trinajstić information content (AvgIpc) is 3.02. The molecule has 4 nitrogen and oxygen atoms in total. The summed E-state index contributed by atoms with van der Waals surface area (Å²) in [4.78, 5) is 14.8. The standard InChI is InChI=1S/C20H23ClN2O2S/c1-12(2)25-16-6-13(5-15(21)8-16)14-7-17(26-11-14)20(3)9-18(22)23(4)19(24)10-20/h5-8,11-12,22H,9-10H2,1-4H3/t20-/m0/s1. The molecule has 26 heavy (non-hydrogen) atoms. The average molecular weight is 391 g/mol. The van der Waals surface area contributed by atoms with Crippen LogP contribution in [0.4, 0.5) is 0 Å². The quantitative estimate of drug-likeness (QED) is 0.765. The number of likely N-dealkylation sites (tertiary alicyclic amines) is 1. The van der Waals surface area contributed by atoms with Gasteiger partial charge in [-0.05, 0) is 54.6 Å². The normalized spacial score (nSPS) is 20.8. The second-order valence-corrected chi connectivity index (χ2v) is 8.70. The van der Waals surface area contributed by atoms with Crippen LogP contribution in [0.1, 0.15) is 38.5 Å². The van der Waals surface area contributed by atoms with E-state index in [1.165, 1.54) is 4.90 Å². The first kappa shape index (κ1) is 18.9. The Kier molecular flexibility index (Phi) is 5.13. The molecule has 0 radical (unpaired) electrons. The van der Waals surface area contributed by atoms with Crippen LogP contribution in [0, 0.1) is 5.41 Å². The van der Waals surface area contributed by atoms with Crippen LogP contribution >= 0.6 is 22.9 Å². The van der Waals surface area contributed by atoms with Gasteiger partial charge in [-0.2, -0.15) is 0 Å². The van der Waals surface area contributed by atoms with Crippen molar-refractivity contribution in [1.82, 2.24) is 4.90 Å². The van der Waals surface area contributed by atoms with E-state index < -0.39 is 0 Å². The molecule has 1 aromatic carbocycles. The molecule has 6 heteroatoms. The molecule has 0 spiro atoms. The van der Waals surface area contributed by atoms with E-state index >= 15 is 0 Å². The van der Waals surface area contributed by atoms with Gasteiger partial charge in [0, 0.05) is 35.2 Å². The zero-order valence-corrected chi connectivity index (χ0v) is 17.0. The van der Waals surface area contributed by atoms with Crippen LogP contribution in [0.5, 0.6) is 5.75 Å². The van der Waals surface area contributed by atoms with Crippen molar-refractivity contribution in [3.63, 3.8) is 0 Å². The second kappa shape index (κ2) is 7.05. The zero-order valence-electron chi connectivity index (χ0n) is 15.4. The van der Waals surface area contributed by atoms with Gasteiger partial charge in [0.1, 0.15) is 11.6 Å². The maximum atomic E-state index is 12.2. The van der Waals surface area contributed by atoms with E-state index in [1.807, 2.05) is 32.0 Å². The maximum absolute atomic E-state index is 12.2. The molecule has 2 heterocycles. The number of nitrogens with zero attached hydrogens (tertiary/aromatic N) is 1. The van der Waals surface area contributed by atoms with E-state index in [0.717, 1.165) is 21.8 Å². The molecule has 1 fully saturated rings. The van der Waals surface area contributed by atoms with Crippen molar-refractivity contribution in [3.05, 3.63) is 39.5 Å². The lowest BCUT2D eigenvalue weighted by molar-refractivity contribution is -0.128. The number of nitrogens with one attached hydrogen (secondary N) is 1. The molecule has 2 aromatic rings. The molecule has 1 aliphatic rings. The molecule has 1 N–H and O–H groups in total. The van der Waals surface area contributed by atoms with Crippen LogP contribution in [0.3, 0.4) is 0 Å². The van der Waals surface area contributed by atoms with E-state index in [2.05, 4.69) is 18.4 Å². The summed E-state index contributed by atoms with van der Waals surface area (Å²) in [5, 5.41) is 10.8. The van der Waals surface area contributed by atoms with Crippen LogP contribution in [0.15, 0.2) is 29.6 Å². The van der Waals surface area contributed by atoms with Gasteiger partial charge in [0.05, 0.1) is 6.10 Å². The Morgan fingerprint density at radius 2 is 1.96 bits per heavy atom. The third-order valence-corrected chi connectivity index (χ3v) is 6.10. The minimum atomic E-state index is -0.334. The van der Waals surface area contributed by atoms with E-state index in [1.54, 1.807) is 18.4 Å². The van der Waals surface area contributed by atoms with Crippen LogP contribution in [-0.2, 0) is 10.2 Å². The van der Waals surface area contributed by atoms with Crippen molar-refractivity contribution < 1.29 is 9.53 Å². The van der Waals surface area contributed by atoms with Crippen LogP contribution in [0.25, 0.3) is 11.1 Å². The first-order valence-corrected chi connectivity index (χ1v) is 9.84. The van der Waals surface area contributed by atoms with Gasteiger partial charge in [-0.15, -0.1) is 11.3 Å². The highest BCUT2D eigenvalue weighted by molar-refractivity contribution is 7.10. The molecule has 0 bridgehead atoms. The summed E-state index contributed by atoms with van der Waals surface area (Å²) in [6, 6.07) is 7.84. The number of halogens is 1. The smallest absolute Gasteiger partial charge is 0.228 e. The van der Waals surface area contributed by atoms with Gasteiger partial charge in [-0.1, -0.05) is 18.5 Å². The van der Waals surface area contributed by atoms with Gasteiger partial charge in [0.25, 0.3) is 0 Å². The van der Waals surface area contributed by atoms with Crippen molar-refractivity contribution in [2.24, 2.45) is 0 Å². The van der Waals surface area contributed by atoms with Crippen molar-refractivity contribution >= 4 is 34.7 Å². The summed E-state index contributed by atoms with van der Waals surface area (Å²) >= 11 is 7.89. The molecule has 0 aliphatic carbocycles. The number of thiophene rings is 1. The van der Waals surface area contributed by atoms with Crippen LogP contribution in [0.2, 0.25) is 5.02 Å². The summed E-state index contributed by atoms with van der Waals surface area (Å²) in [5.41, 5.74) is 1.72. The second-order valence-electron chi connectivity index (χ2n) is 7.36. The molecular formula is C20H23ClN2O2S. The van der Waals surface area contributed by atoms with Gasteiger partial charge < -0.3 is 9.64 Å². The number of carbonyl (C=O) groups excluding carboxylic acids is 1. The van der Waals surface area contributed by atoms with Gasteiger partial charge in [0.15, 0.2) is 0 Å². The lowest BCUT2D eigenvalue weighted by atomic mass is 9.78. The Morgan fingerprint density at radius 3 is 2.62 bits per heavy atom. The predicted octanol–water partition coefficient (Wildman–Crippen LogP) is 5.34. The monoisotopic (exact) mass is 390 g/mol. The molecule has 1 atom stereocenters. The Hall–Kier alpha value is -1.85. The Balaban J connectivity index is 1.92.